The summed E-state index contributed by atoms with van der Waals surface area (Å²) in [6.07, 6.45) is 0. The molecule has 2 nitrogen and oxygen atoms in total. The van der Waals surface area contributed by atoms with Crippen LogP contribution in [0.25, 0.3) is 0 Å². The molecule has 1 aromatic rings. The lowest BCUT2D eigenvalue weighted by atomic mass is 10.1. The molecule has 0 atom stereocenters. The summed E-state index contributed by atoms with van der Waals surface area (Å²) < 4.78 is 19.5. The molecule has 0 bridgehead atoms. The quantitative estimate of drug-likeness (QED) is 0.863. The lowest BCUT2D eigenvalue weighted by molar-refractivity contribution is 0.193. The normalized spacial score (nSPS) is 16.4. The van der Waals surface area contributed by atoms with Crippen molar-refractivity contribution >= 4 is 22.6 Å². The van der Waals surface area contributed by atoms with Gasteiger partial charge in [0.05, 0.1) is 6.61 Å². The highest BCUT2D eigenvalue weighted by Gasteiger charge is 2.17. The lowest BCUT2D eigenvalue weighted by Crippen LogP contribution is -2.45. The van der Waals surface area contributed by atoms with Gasteiger partial charge in [0.2, 0.25) is 0 Å². The van der Waals surface area contributed by atoms with E-state index in [1.54, 1.807) is 6.07 Å². The van der Waals surface area contributed by atoms with E-state index in [1.807, 2.05) is 6.07 Å². The van der Waals surface area contributed by atoms with E-state index in [9.17, 15) is 4.39 Å². The zero-order chi connectivity index (χ0) is 9.97. The fourth-order valence-corrected chi connectivity index (χ4v) is 1.72. The van der Waals surface area contributed by atoms with E-state index in [-0.39, 0.29) is 5.82 Å². The van der Waals surface area contributed by atoms with Crippen molar-refractivity contribution in [2.45, 2.75) is 0 Å². The van der Waals surface area contributed by atoms with Crippen LogP contribution in [0.5, 0.6) is 5.75 Å². The Morgan fingerprint density at radius 3 is 2.86 bits per heavy atom. The molecule has 1 fully saturated rings. The van der Waals surface area contributed by atoms with Crippen molar-refractivity contribution in [1.29, 1.82) is 0 Å². The minimum Gasteiger partial charge on any atom is -0.490 e. The van der Waals surface area contributed by atoms with Crippen LogP contribution in [0, 0.1) is 15.3 Å². The van der Waals surface area contributed by atoms with Crippen LogP contribution in [0.15, 0.2) is 18.2 Å². The first-order chi connectivity index (χ1) is 6.75. The van der Waals surface area contributed by atoms with E-state index in [4.69, 9.17) is 4.74 Å². The van der Waals surface area contributed by atoms with Gasteiger partial charge in [-0.25, -0.2) is 4.39 Å². The van der Waals surface area contributed by atoms with Crippen molar-refractivity contribution in [2.75, 3.05) is 19.7 Å². The highest BCUT2D eigenvalue weighted by atomic mass is 127. The van der Waals surface area contributed by atoms with Crippen LogP contribution in [-0.2, 0) is 0 Å². The van der Waals surface area contributed by atoms with Crippen molar-refractivity contribution in [3.8, 4) is 5.75 Å². The van der Waals surface area contributed by atoms with Crippen LogP contribution in [0.2, 0.25) is 0 Å². The van der Waals surface area contributed by atoms with Gasteiger partial charge < -0.3 is 10.1 Å². The summed E-state index contributed by atoms with van der Waals surface area (Å²) in [5.41, 5.74) is 0. The third-order valence-electron chi connectivity index (χ3n) is 2.23. The van der Waals surface area contributed by atoms with Crippen LogP contribution in [0.1, 0.15) is 0 Å². The summed E-state index contributed by atoms with van der Waals surface area (Å²) >= 11 is 2.08. The molecule has 0 saturated carbocycles. The van der Waals surface area contributed by atoms with Crippen LogP contribution in [0.4, 0.5) is 4.39 Å². The van der Waals surface area contributed by atoms with Crippen LogP contribution in [0.3, 0.4) is 0 Å². The van der Waals surface area contributed by atoms with E-state index in [1.165, 1.54) is 6.07 Å². The monoisotopic (exact) mass is 307 g/mol. The van der Waals surface area contributed by atoms with E-state index >= 15 is 0 Å². The van der Waals surface area contributed by atoms with Crippen molar-refractivity contribution < 1.29 is 9.13 Å². The second-order valence-electron chi connectivity index (χ2n) is 3.41. The molecular formula is C10H11FINO. The molecule has 1 saturated heterocycles. The first kappa shape index (κ1) is 10.2. The van der Waals surface area contributed by atoms with Gasteiger partial charge in [-0.15, -0.1) is 0 Å². The maximum absolute atomic E-state index is 13.3. The standard InChI is InChI=1S/C10H11FINO/c11-9-3-8(12)1-2-10(9)14-6-7-4-13-5-7/h1-3,7,13H,4-6H2. The van der Waals surface area contributed by atoms with Gasteiger partial charge in [-0.3, -0.25) is 0 Å². The van der Waals surface area contributed by atoms with Crippen molar-refractivity contribution in [2.24, 2.45) is 5.92 Å². The van der Waals surface area contributed by atoms with E-state index in [2.05, 4.69) is 27.9 Å². The number of hydrogen-bond acceptors (Lipinski definition) is 2. The molecule has 2 rings (SSSR count). The molecule has 0 unspecified atom stereocenters. The highest BCUT2D eigenvalue weighted by molar-refractivity contribution is 14.1. The Balaban J connectivity index is 1.94. The Morgan fingerprint density at radius 1 is 1.50 bits per heavy atom. The summed E-state index contributed by atoms with van der Waals surface area (Å²) in [4.78, 5) is 0. The Labute approximate surface area is 96.0 Å². The van der Waals surface area contributed by atoms with Crippen LogP contribution in [-0.4, -0.2) is 19.7 Å². The second kappa shape index (κ2) is 4.44. The molecule has 0 radical (unpaired) electrons. The zero-order valence-corrected chi connectivity index (χ0v) is 9.75. The fraction of sp³-hybridized carbons (Fsp3) is 0.400. The summed E-state index contributed by atoms with van der Waals surface area (Å²) in [6.45, 7) is 2.56. The molecular weight excluding hydrogens is 296 g/mol. The number of ether oxygens (including phenoxy) is 1. The number of halogens is 2. The van der Waals surface area contributed by atoms with Crippen molar-refractivity contribution in [3.63, 3.8) is 0 Å². The third-order valence-corrected chi connectivity index (χ3v) is 2.91. The fourth-order valence-electron chi connectivity index (χ4n) is 1.27. The Bertz CT molecular complexity index is 328. The average molecular weight is 307 g/mol. The summed E-state index contributed by atoms with van der Waals surface area (Å²) in [5, 5.41) is 3.15. The molecule has 1 heterocycles. The maximum atomic E-state index is 13.3. The van der Waals surface area contributed by atoms with E-state index in [0.717, 1.165) is 16.7 Å². The minimum absolute atomic E-state index is 0.274. The molecule has 0 aliphatic carbocycles. The Hall–Kier alpha value is -0.360. The van der Waals surface area contributed by atoms with Crippen molar-refractivity contribution in [3.05, 3.63) is 27.6 Å². The molecule has 0 aromatic heterocycles. The van der Waals surface area contributed by atoms with Crippen LogP contribution >= 0.6 is 22.6 Å². The van der Waals surface area contributed by atoms with Gasteiger partial charge in [0.15, 0.2) is 11.6 Å². The van der Waals surface area contributed by atoms with E-state index < -0.39 is 0 Å². The predicted octanol–water partition coefficient (Wildman–Crippen LogP) is 2.03. The zero-order valence-electron chi connectivity index (χ0n) is 7.59. The van der Waals surface area contributed by atoms with Gasteiger partial charge in [-0.2, -0.15) is 0 Å². The largest absolute Gasteiger partial charge is 0.490 e. The Kier molecular flexibility index (Phi) is 3.22. The molecule has 76 valence electrons. The number of rotatable bonds is 3. The first-order valence-corrected chi connectivity index (χ1v) is 5.62. The van der Waals surface area contributed by atoms with Gasteiger partial charge in [0.1, 0.15) is 0 Å². The second-order valence-corrected chi connectivity index (χ2v) is 4.66. The molecule has 1 aliphatic heterocycles. The smallest absolute Gasteiger partial charge is 0.166 e. The topological polar surface area (TPSA) is 21.3 Å². The lowest BCUT2D eigenvalue weighted by Gasteiger charge is -2.26. The van der Waals surface area contributed by atoms with Gasteiger partial charge in [0.25, 0.3) is 0 Å². The van der Waals surface area contributed by atoms with Crippen molar-refractivity contribution in [1.82, 2.24) is 5.32 Å². The molecule has 1 N–H and O–H groups in total. The Morgan fingerprint density at radius 2 is 2.29 bits per heavy atom. The summed E-state index contributed by atoms with van der Waals surface area (Å²) in [6, 6.07) is 5.01. The highest BCUT2D eigenvalue weighted by Crippen LogP contribution is 2.20. The van der Waals surface area contributed by atoms with Gasteiger partial charge in [0, 0.05) is 22.6 Å². The molecule has 1 aromatic carbocycles. The number of nitrogens with one attached hydrogen (secondary N) is 1. The van der Waals surface area contributed by atoms with Gasteiger partial charge in [-0.1, -0.05) is 0 Å². The van der Waals surface area contributed by atoms with E-state index in [0.29, 0.717) is 18.3 Å². The molecule has 0 amide bonds. The SMILES string of the molecule is Fc1cc(I)ccc1OCC1CNC1. The number of benzene rings is 1. The molecule has 0 spiro atoms. The van der Waals surface area contributed by atoms with Gasteiger partial charge in [-0.05, 0) is 40.8 Å². The van der Waals surface area contributed by atoms with Gasteiger partial charge >= 0.3 is 0 Å². The minimum atomic E-state index is -0.274. The average Bonchev–Trinajstić information content (AvgIpc) is 2.05. The molecule has 4 heteroatoms. The predicted molar refractivity (Wildman–Crippen MR) is 61.0 cm³/mol. The molecule has 1 aliphatic rings. The maximum Gasteiger partial charge on any atom is 0.166 e. The molecule has 14 heavy (non-hydrogen) atoms. The first-order valence-electron chi connectivity index (χ1n) is 4.54. The summed E-state index contributed by atoms with van der Waals surface area (Å²) in [5.74, 6) is 0.621. The van der Waals surface area contributed by atoms with Crippen LogP contribution < -0.4 is 10.1 Å². The third kappa shape index (κ3) is 2.36. The number of hydrogen-bond donors (Lipinski definition) is 1. The summed E-state index contributed by atoms with van der Waals surface area (Å²) in [7, 11) is 0.